The van der Waals surface area contributed by atoms with Gasteiger partial charge in [-0.15, -0.1) is 0 Å². The Kier molecular flexibility index (Phi) is 6.43. The molecular weight excluding hydrogens is 462 g/mol. The first-order chi connectivity index (χ1) is 15.8. The molecule has 2 N–H and O–H groups in total. The highest BCUT2D eigenvalue weighted by Crippen LogP contribution is 2.19. The lowest BCUT2D eigenvalue weighted by Crippen LogP contribution is -2.23. The Morgan fingerprint density at radius 1 is 1.00 bits per heavy atom. The predicted molar refractivity (Wildman–Crippen MR) is 126 cm³/mol. The molecule has 0 aliphatic heterocycles. The minimum Gasteiger partial charge on any atom is -0.348 e. The number of rotatable bonds is 7. The number of hydrogen-bond acceptors (Lipinski definition) is 5. The molecule has 33 heavy (non-hydrogen) atoms. The molecule has 0 spiro atoms. The van der Waals surface area contributed by atoms with Gasteiger partial charge in [-0.2, -0.15) is 0 Å². The largest absolute Gasteiger partial charge is 0.348 e. The van der Waals surface area contributed by atoms with E-state index in [-0.39, 0.29) is 17.3 Å². The Hall–Kier alpha value is -3.69. The van der Waals surface area contributed by atoms with Gasteiger partial charge < -0.3 is 5.32 Å². The Bertz CT molecular complexity index is 1370. The maximum atomic E-state index is 12.6. The molecule has 0 radical (unpaired) electrons. The quantitative estimate of drug-likeness (QED) is 0.415. The molecule has 0 fully saturated rings. The minimum absolute atomic E-state index is 0.0450. The Morgan fingerprint density at radius 3 is 2.33 bits per heavy atom. The molecule has 2 heterocycles. The zero-order valence-corrected chi connectivity index (χ0v) is 19.1. The fourth-order valence-electron chi connectivity index (χ4n) is 3.09. The van der Waals surface area contributed by atoms with Crippen molar-refractivity contribution in [3.63, 3.8) is 0 Å². The molecule has 0 atom stereocenters. The number of halogens is 1. The predicted octanol–water partition coefficient (Wildman–Crippen LogP) is 3.96. The average molecular weight is 482 g/mol. The summed E-state index contributed by atoms with van der Waals surface area (Å²) in [4.78, 5) is 21.1. The molecule has 0 saturated heterocycles. The molecule has 4 rings (SSSR count). The smallest absolute Gasteiger partial charge is 0.261 e. The van der Waals surface area contributed by atoms with E-state index in [1.165, 1.54) is 24.3 Å². The molecule has 0 unspecified atom stereocenters. The van der Waals surface area contributed by atoms with E-state index >= 15 is 0 Å². The summed E-state index contributed by atoms with van der Waals surface area (Å²) in [6.07, 6.45) is 5.22. The number of nitrogens with one attached hydrogen (secondary N) is 2. The number of sulfonamides is 1. The molecule has 168 valence electrons. The number of carbonyl (C=O) groups is 1. The summed E-state index contributed by atoms with van der Waals surface area (Å²) in [7, 11) is -3.79. The molecule has 10 heteroatoms. The highest BCUT2D eigenvalue weighted by atomic mass is 35.5. The lowest BCUT2D eigenvalue weighted by molar-refractivity contribution is 0.0951. The van der Waals surface area contributed by atoms with Crippen LogP contribution < -0.4 is 10.0 Å². The van der Waals surface area contributed by atoms with Crippen LogP contribution in [-0.4, -0.2) is 28.9 Å². The number of pyridine rings is 1. The standard InChI is InChI=1S/C23H20ClN5O3S/c1-16-25-12-13-29(16)22-11-2-17(14-26-22)15-27-23(30)18-3-9-21(10-4-18)33(31,32)28-20-7-5-19(24)6-8-20/h2-14,28H,15H2,1H3,(H,27,30). The van der Waals surface area contributed by atoms with E-state index in [9.17, 15) is 13.2 Å². The third-order valence-corrected chi connectivity index (χ3v) is 6.51. The second-order valence-electron chi connectivity index (χ2n) is 7.19. The van der Waals surface area contributed by atoms with E-state index < -0.39 is 10.0 Å². The molecule has 0 bridgehead atoms. The first-order valence-electron chi connectivity index (χ1n) is 9.94. The van der Waals surface area contributed by atoms with E-state index in [1.807, 2.05) is 29.8 Å². The number of anilines is 1. The van der Waals surface area contributed by atoms with Gasteiger partial charge in [0.05, 0.1) is 4.90 Å². The molecule has 2 aromatic heterocycles. The van der Waals surface area contributed by atoms with Crippen LogP contribution in [0.3, 0.4) is 0 Å². The average Bonchev–Trinajstić information content (AvgIpc) is 3.25. The Balaban J connectivity index is 1.37. The summed E-state index contributed by atoms with van der Waals surface area (Å²) in [5.41, 5.74) is 1.57. The van der Waals surface area contributed by atoms with E-state index in [2.05, 4.69) is 20.0 Å². The van der Waals surface area contributed by atoms with Crippen molar-refractivity contribution in [3.05, 3.63) is 101 Å². The molecule has 1 amide bonds. The summed E-state index contributed by atoms with van der Waals surface area (Å²) >= 11 is 5.82. The number of nitrogens with zero attached hydrogens (tertiary/aromatic N) is 3. The number of carbonyl (C=O) groups excluding carboxylic acids is 1. The van der Waals surface area contributed by atoms with Gasteiger partial charge in [-0.05, 0) is 67.1 Å². The van der Waals surface area contributed by atoms with Crippen LogP contribution in [0, 0.1) is 6.92 Å². The summed E-state index contributed by atoms with van der Waals surface area (Å²) < 4.78 is 29.4. The normalized spacial score (nSPS) is 11.2. The van der Waals surface area contributed by atoms with Gasteiger partial charge >= 0.3 is 0 Å². The van der Waals surface area contributed by atoms with Gasteiger partial charge in [-0.3, -0.25) is 14.1 Å². The fraction of sp³-hybridized carbons (Fsp3) is 0.0870. The van der Waals surface area contributed by atoms with Gasteiger partial charge in [-0.1, -0.05) is 17.7 Å². The fourth-order valence-corrected chi connectivity index (χ4v) is 4.27. The van der Waals surface area contributed by atoms with E-state index in [1.54, 1.807) is 36.7 Å². The third-order valence-electron chi connectivity index (χ3n) is 4.86. The number of hydrogen-bond donors (Lipinski definition) is 2. The van der Waals surface area contributed by atoms with Crippen LogP contribution in [0.25, 0.3) is 5.82 Å². The zero-order chi connectivity index (χ0) is 23.4. The van der Waals surface area contributed by atoms with Gasteiger partial charge in [0, 0.05) is 41.4 Å². The van der Waals surface area contributed by atoms with Crippen molar-refractivity contribution in [1.29, 1.82) is 0 Å². The van der Waals surface area contributed by atoms with Crippen molar-refractivity contribution in [2.45, 2.75) is 18.4 Å². The van der Waals surface area contributed by atoms with Gasteiger partial charge in [0.1, 0.15) is 11.6 Å². The molecule has 0 saturated carbocycles. The maximum Gasteiger partial charge on any atom is 0.261 e. The summed E-state index contributed by atoms with van der Waals surface area (Å²) in [6.45, 7) is 2.17. The molecular formula is C23H20ClN5O3S. The van der Waals surface area contributed by atoms with Crippen molar-refractivity contribution in [1.82, 2.24) is 19.9 Å². The molecule has 2 aromatic carbocycles. The monoisotopic (exact) mass is 481 g/mol. The third kappa shape index (κ3) is 5.39. The highest BCUT2D eigenvalue weighted by molar-refractivity contribution is 7.92. The summed E-state index contributed by atoms with van der Waals surface area (Å²) in [5, 5.41) is 3.32. The zero-order valence-electron chi connectivity index (χ0n) is 17.6. The lowest BCUT2D eigenvalue weighted by Gasteiger charge is -2.10. The van der Waals surface area contributed by atoms with E-state index in [0.717, 1.165) is 17.2 Å². The number of aryl methyl sites for hydroxylation is 1. The topological polar surface area (TPSA) is 106 Å². The first-order valence-corrected chi connectivity index (χ1v) is 11.8. The van der Waals surface area contributed by atoms with Crippen molar-refractivity contribution in [2.24, 2.45) is 0 Å². The molecule has 0 aliphatic carbocycles. The SMILES string of the molecule is Cc1nccn1-c1ccc(CNC(=O)c2ccc(S(=O)(=O)Nc3ccc(Cl)cc3)cc2)cn1. The van der Waals surface area contributed by atoms with Crippen molar-refractivity contribution >= 4 is 33.2 Å². The lowest BCUT2D eigenvalue weighted by atomic mass is 10.2. The van der Waals surface area contributed by atoms with Gasteiger partial charge in [0.25, 0.3) is 15.9 Å². The Labute approximate surface area is 196 Å². The second-order valence-corrected chi connectivity index (χ2v) is 9.31. The number of imidazole rings is 1. The van der Waals surface area contributed by atoms with Gasteiger partial charge in [0.15, 0.2) is 0 Å². The number of amides is 1. The molecule has 0 aliphatic rings. The summed E-state index contributed by atoms with van der Waals surface area (Å²) in [5.74, 6) is 1.25. The van der Waals surface area contributed by atoms with Crippen molar-refractivity contribution < 1.29 is 13.2 Å². The summed E-state index contributed by atoms with van der Waals surface area (Å²) in [6, 6.07) is 15.8. The van der Waals surface area contributed by atoms with E-state index in [4.69, 9.17) is 11.6 Å². The highest BCUT2D eigenvalue weighted by Gasteiger charge is 2.15. The van der Waals surface area contributed by atoms with Crippen LogP contribution in [0.2, 0.25) is 5.02 Å². The molecule has 4 aromatic rings. The second kappa shape index (κ2) is 9.43. The van der Waals surface area contributed by atoms with Gasteiger partial charge in [0.2, 0.25) is 0 Å². The van der Waals surface area contributed by atoms with Crippen LogP contribution in [-0.2, 0) is 16.6 Å². The first kappa shape index (κ1) is 22.5. The van der Waals surface area contributed by atoms with Gasteiger partial charge in [-0.25, -0.2) is 18.4 Å². The van der Waals surface area contributed by atoms with Crippen molar-refractivity contribution in [2.75, 3.05) is 4.72 Å². The number of aromatic nitrogens is 3. The maximum absolute atomic E-state index is 12.6. The minimum atomic E-state index is -3.79. The van der Waals surface area contributed by atoms with Crippen LogP contribution in [0.15, 0.2) is 84.1 Å². The van der Waals surface area contributed by atoms with Crippen LogP contribution in [0.5, 0.6) is 0 Å². The van der Waals surface area contributed by atoms with E-state index in [0.29, 0.717) is 16.3 Å². The van der Waals surface area contributed by atoms with Crippen LogP contribution in [0.4, 0.5) is 5.69 Å². The van der Waals surface area contributed by atoms with Crippen LogP contribution in [0.1, 0.15) is 21.7 Å². The number of benzene rings is 2. The van der Waals surface area contributed by atoms with Crippen LogP contribution >= 0.6 is 11.6 Å². The Morgan fingerprint density at radius 2 is 1.73 bits per heavy atom. The molecule has 8 nitrogen and oxygen atoms in total. The van der Waals surface area contributed by atoms with Crippen molar-refractivity contribution in [3.8, 4) is 5.82 Å².